The molecule has 1 aliphatic heterocycles. The maximum Gasteiger partial charge on any atom is 0.227 e. The minimum atomic E-state index is -0.0520. The van der Waals surface area contributed by atoms with Gasteiger partial charge in [0.05, 0.1) is 0 Å². The first-order valence-corrected chi connectivity index (χ1v) is 5.02. The van der Waals surface area contributed by atoms with Crippen LogP contribution in [0.5, 0.6) is 0 Å². The number of fused-ring (bicyclic) bond motifs is 2. The fraction of sp³-hybridized carbons (Fsp3) is 0.800. The van der Waals surface area contributed by atoms with Crippen LogP contribution in [0.1, 0.15) is 32.1 Å². The smallest absolute Gasteiger partial charge is 0.227 e. The molecule has 3 fully saturated rings. The molecule has 0 radical (unpaired) electrons. The third-order valence-corrected chi connectivity index (χ3v) is 4.03. The van der Waals surface area contributed by atoms with Crippen LogP contribution in [-0.2, 0) is 9.59 Å². The minimum Gasteiger partial charge on any atom is -0.296 e. The third kappa shape index (κ3) is 0.960. The first-order chi connectivity index (χ1) is 6.20. The number of carbonyl (C=O) groups excluding carboxylic acids is 2. The summed E-state index contributed by atoms with van der Waals surface area (Å²) in [6.45, 7) is 0. The van der Waals surface area contributed by atoms with E-state index in [1.54, 1.807) is 0 Å². The zero-order valence-corrected chi connectivity index (χ0v) is 7.51. The largest absolute Gasteiger partial charge is 0.296 e. The van der Waals surface area contributed by atoms with Crippen LogP contribution in [0.25, 0.3) is 0 Å². The summed E-state index contributed by atoms with van der Waals surface area (Å²) in [7, 11) is 0. The Morgan fingerprint density at radius 3 is 2.38 bits per heavy atom. The van der Waals surface area contributed by atoms with Crippen molar-refractivity contribution in [2.24, 2.45) is 17.3 Å². The molecule has 0 aromatic carbocycles. The van der Waals surface area contributed by atoms with Gasteiger partial charge in [0, 0.05) is 12.8 Å². The quantitative estimate of drug-likeness (QED) is 0.560. The van der Waals surface area contributed by atoms with E-state index in [4.69, 9.17) is 0 Å². The molecule has 0 aromatic heterocycles. The normalized spacial score (nSPS) is 40.3. The lowest BCUT2D eigenvalue weighted by Crippen LogP contribution is -2.44. The fourth-order valence-corrected chi connectivity index (χ4v) is 3.36. The van der Waals surface area contributed by atoms with Gasteiger partial charge in [-0.3, -0.25) is 14.9 Å². The van der Waals surface area contributed by atoms with Crippen LogP contribution < -0.4 is 5.32 Å². The van der Waals surface area contributed by atoms with Crippen LogP contribution in [-0.4, -0.2) is 11.8 Å². The molecule has 70 valence electrons. The minimum absolute atomic E-state index is 0.0520. The van der Waals surface area contributed by atoms with Gasteiger partial charge in [0.1, 0.15) is 0 Å². The van der Waals surface area contributed by atoms with Gasteiger partial charge in [-0.2, -0.15) is 0 Å². The molecule has 1 heterocycles. The van der Waals surface area contributed by atoms with Crippen molar-refractivity contribution in [1.82, 2.24) is 5.32 Å². The van der Waals surface area contributed by atoms with Crippen LogP contribution in [0.3, 0.4) is 0 Å². The van der Waals surface area contributed by atoms with E-state index in [2.05, 4.69) is 5.32 Å². The van der Waals surface area contributed by atoms with Gasteiger partial charge in [-0.05, 0) is 36.5 Å². The first kappa shape index (κ1) is 7.54. The van der Waals surface area contributed by atoms with Crippen LogP contribution >= 0.6 is 0 Å². The van der Waals surface area contributed by atoms with Crippen LogP contribution in [0.4, 0.5) is 0 Å². The molecule has 0 bridgehead atoms. The van der Waals surface area contributed by atoms with E-state index in [0.717, 1.165) is 12.3 Å². The van der Waals surface area contributed by atoms with E-state index in [0.29, 0.717) is 18.8 Å². The van der Waals surface area contributed by atoms with Gasteiger partial charge in [0.25, 0.3) is 0 Å². The number of nitrogens with one attached hydrogen (secondary N) is 1. The van der Waals surface area contributed by atoms with E-state index in [-0.39, 0.29) is 17.2 Å². The lowest BCUT2D eigenvalue weighted by atomic mass is 9.74. The predicted octanol–water partition coefficient (Wildman–Crippen LogP) is 0.839. The lowest BCUT2D eigenvalue weighted by Gasteiger charge is -2.33. The zero-order valence-electron chi connectivity index (χ0n) is 7.51. The van der Waals surface area contributed by atoms with Crippen molar-refractivity contribution in [3.63, 3.8) is 0 Å². The topological polar surface area (TPSA) is 46.2 Å². The van der Waals surface area contributed by atoms with Gasteiger partial charge in [-0.25, -0.2) is 0 Å². The first-order valence-electron chi connectivity index (χ1n) is 5.02. The van der Waals surface area contributed by atoms with Gasteiger partial charge in [0.15, 0.2) is 0 Å². The van der Waals surface area contributed by atoms with Crippen molar-refractivity contribution in [2.75, 3.05) is 0 Å². The van der Waals surface area contributed by atoms with Crippen molar-refractivity contribution in [2.45, 2.75) is 32.1 Å². The summed E-state index contributed by atoms with van der Waals surface area (Å²) < 4.78 is 0. The number of hydrogen-bond donors (Lipinski definition) is 1. The Kier molecular flexibility index (Phi) is 1.24. The molecule has 2 unspecified atom stereocenters. The Morgan fingerprint density at radius 2 is 1.92 bits per heavy atom. The number of amides is 2. The number of piperidine rings is 1. The molecule has 1 saturated heterocycles. The van der Waals surface area contributed by atoms with Crippen molar-refractivity contribution >= 4 is 11.8 Å². The Labute approximate surface area is 76.9 Å². The Hall–Kier alpha value is -0.860. The second-order valence-corrected chi connectivity index (χ2v) is 4.83. The predicted molar refractivity (Wildman–Crippen MR) is 45.6 cm³/mol. The molecule has 13 heavy (non-hydrogen) atoms. The zero-order chi connectivity index (χ0) is 9.05. The molecule has 3 rings (SSSR count). The number of imide groups is 1. The highest BCUT2D eigenvalue weighted by molar-refractivity contribution is 5.98. The second kappa shape index (κ2) is 2.14. The molecule has 1 spiro atoms. The molecule has 2 amide bonds. The Bertz CT molecular complexity index is 281. The molecule has 0 aromatic rings. The summed E-state index contributed by atoms with van der Waals surface area (Å²) in [5.74, 6) is 1.44. The van der Waals surface area contributed by atoms with E-state index in [1.165, 1.54) is 12.8 Å². The highest BCUT2D eigenvalue weighted by Gasteiger charge is 2.59. The lowest BCUT2D eigenvalue weighted by molar-refractivity contribution is -0.138. The highest BCUT2D eigenvalue weighted by atomic mass is 16.2. The second-order valence-electron chi connectivity index (χ2n) is 4.83. The average molecular weight is 179 g/mol. The van der Waals surface area contributed by atoms with Crippen LogP contribution in [0, 0.1) is 17.3 Å². The summed E-state index contributed by atoms with van der Waals surface area (Å²) in [6.07, 6.45) is 4.80. The molecule has 2 atom stereocenters. The van der Waals surface area contributed by atoms with E-state index in [1.807, 2.05) is 0 Å². The molecule has 2 aliphatic carbocycles. The van der Waals surface area contributed by atoms with Gasteiger partial charge >= 0.3 is 0 Å². The SMILES string of the molecule is O=C1CC2(CCC3CC32)CC(=O)N1. The van der Waals surface area contributed by atoms with E-state index < -0.39 is 0 Å². The molecular formula is C10H13NO2. The standard InChI is InChI=1S/C10H13NO2/c12-8-4-10(5-9(13)11-8)2-1-6-3-7(6)10/h6-7H,1-5H2,(H,11,12,13). The molecule has 3 nitrogen and oxygen atoms in total. The van der Waals surface area contributed by atoms with Gasteiger partial charge in [0.2, 0.25) is 11.8 Å². The molecule has 1 N–H and O–H groups in total. The van der Waals surface area contributed by atoms with Crippen molar-refractivity contribution < 1.29 is 9.59 Å². The van der Waals surface area contributed by atoms with Gasteiger partial charge in [-0.1, -0.05) is 0 Å². The number of carbonyl (C=O) groups is 2. The molecule has 2 saturated carbocycles. The molecule has 3 heteroatoms. The third-order valence-electron chi connectivity index (χ3n) is 4.03. The van der Waals surface area contributed by atoms with Crippen molar-refractivity contribution in [3.05, 3.63) is 0 Å². The maximum atomic E-state index is 11.3. The van der Waals surface area contributed by atoms with Gasteiger partial charge in [-0.15, -0.1) is 0 Å². The van der Waals surface area contributed by atoms with Crippen LogP contribution in [0.15, 0.2) is 0 Å². The Balaban J connectivity index is 1.89. The maximum absolute atomic E-state index is 11.3. The Morgan fingerprint density at radius 1 is 1.23 bits per heavy atom. The highest BCUT2D eigenvalue weighted by Crippen LogP contribution is 2.65. The number of rotatable bonds is 0. The summed E-state index contributed by atoms with van der Waals surface area (Å²) >= 11 is 0. The average Bonchev–Trinajstić information content (AvgIpc) is 2.72. The van der Waals surface area contributed by atoms with E-state index in [9.17, 15) is 9.59 Å². The van der Waals surface area contributed by atoms with Gasteiger partial charge < -0.3 is 0 Å². The molecular weight excluding hydrogens is 166 g/mol. The monoisotopic (exact) mass is 179 g/mol. The van der Waals surface area contributed by atoms with Crippen molar-refractivity contribution in [3.8, 4) is 0 Å². The van der Waals surface area contributed by atoms with Crippen molar-refractivity contribution in [1.29, 1.82) is 0 Å². The summed E-state index contributed by atoms with van der Waals surface area (Å²) in [5.41, 5.74) is 0.0874. The van der Waals surface area contributed by atoms with E-state index >= 15 is 0 Å². The number of hydrogen-bond acceptors (Lipinski definition) is 2. The summed E-state index contributed by atoms with van der Waals surface area (Å²) in [6, 6.07) is 0. The fourth-order valence-electron chi connectivity index (χ4n) is 3.36. The summed E-state index contributed by atoms with van der Waals surface area (Å²) in [4.78, 5) is 22.5. The molecule has 3 aliphatic rings. The van der Waals surface area contributed by atoms with Crippen LogP contribution in [0.2, 0.25) is 0 Å². The summed E-state index contributed by atoms with van der Waals surface area (Å²) in [5, 5.41) is 2.39.